The van der Waals surface area contributed by atoms with Gasteiger partial charge < -0.3 is 10.6 Å². The van der Waals surface area contributed by atoms with E-state index in [1.54, 1.807) is 13.0 Å². The van der Waals surface area contributed by atoms with Gasteiger partial charge in [-0.1, -0.05) is 0 Å². The van der Waals surface area contributed by atoms with E-state index < -0.39 is 22.0 Å². The molecule has 9 nitrogen and oxygen atoms in total. The normalized spacial score (nSPS) is 14.9. The first kappa shape index (κ1) is 22.1. The third-order valence-electron chi connectivity index (χ3n) is 5.65. The van der Waals surface area contributed by atoms with E-state index in [1.165, 1.54) is 30.3 Å². The topological polar surface area (TPSA) is 125 Å². The van der Waals surface area contributed by atoms with E-state index in [0.29, 0.717) is 22.5 Å². The molecule has 5 rings (SSSR count). The number of amides is 4. The van der Waals surface area contributed by atoms with Crippen molar-refractivity contribution in [3.8, 4) is 0 Å². The molecule has 0 bridgehead atoms. The standard InChI is InChI=1S/C23H20N4O5S2/c1-13-2-7-21(33-13)34(31,32)26-23(30)25-16-3-5-17(6-4-16)27-20(28)12-15-11-19-14(8-9-24-19)10-18(15)22(27)29/h2-7,10-11,24H,8-9,12H2,1H3,(H2,25,26,30). The number of benzene rings is 2. The number of fused-ring (bicyclic) bond motifs is 2. The zero-order valence-electron chi connectivity index (χ0n) is 18.0. The summed E-state index contributed by atoms with van der Waals surface area (Å²) in [6.45, 7) is 2.58. The highest BCUT2D eigenvalue weighted by molar-refractivity contribution is 7.92. The summed E-state index contributed by atoms with van der Waals surface area (Å²) < 4.78 is 26.6. The van der Waals surface area contributed by atoms with Crippen molar-refractivity contribution in [1.29, 1.82) is 0 Å². The molecule has 0 fully saturated rings. The fourth-order valence-corrected chi connectivity index (χ4v) is 6.24. The van der Waals surface area contributed by atoms with Crippen molar-refractivity contribution in [3.63, 3.8) is 0 Å². The summed E-state index contributed by atoms with van der Waals surface area (Å²) in [5, 5.41) is 5.71. The van der Waals surface area contributed by atoms with Crippen LogP contribution < -0.4 is 20.3 Å². The maximum absolute atomic E-state index is 13.1. The van der Waals surface area contributed by atoms with Crippen molar-refractivity contribution in [2.45, 2.75) is 24.0 Å². The summed E-state index contributed by atoms with van der Waals surface area (Å²) in [6, 6.07) is 12.0. The first-order chi connectivity index (χ1) is 16.2. The Labute approximate surface area is 199 Å². The molecule has 0 spiro atoms. The lowest BCUT2D eigenvalue weighted by Gasteiger charge is -2.27. The first-order valence-corrected chi connectivity index (χ1v) is 12.8. The highest BCUT2D eigenvalue weighted by Gasteiger charge is 2.33. The van der Waals surface area contributed by atoms with Crippen molar-refractivity contribution in [2.24, 2.45) is 0 Å². The molecule has 174 valence electrons. The molecule has 0 unspecified atom stereocenters. The number of urea groups is 1. The number of imide groups is 1. The summed E-state index contributed by atoms with van der Waals surface area (Å²) in [4.78, 5) is 40.0. The quantitative estimate of drug-likeness (QED) is 0.476. The predicted octanol–water partition coefficient (Wildman–Crippen LogP) is 3.26. The molecule has 2 aliphatic heterocycles. The minimum Gasteiger partial charge on any atom is -0.384 e. The Kier molecular flexibility index (Phi) is 5.37. The van der Waals surface area contributed by atoms with Crippen LogP contribution in [-0.2, 0) is 27.7 Å². The average Bonchev–Trinajstić information content (AvgIpc) is 3.42. The Morgan fingerprint density at radius 1 is 1.06 bits per heavy atom. The van der Waals surface area contributed by atoms with Crippen LogP contribution in [0.1, 0.15) is 26.4 Å². The number of nitrogens with one attached hydrogen (secondary N) is 3. The van der Waals surface area contributed by atoms with E-state index in [1.807, 2.05) is 16.9 Å². The van der Waals surface area contributed by atoms with Crippen LogP contribution in [-0.4, -0.2) is 32.8 Å². The van der Waals surface area contributed by atoms with Crippen molar-refractivity contribution in [1.82, 2.24) is 4.72 Å². The van der Waals surface area contributed by atoms with Crippen LogP contribution in [0.2, 0.25) is 0 Å². The van der Waals surface area contributed by atoms with Crippen LogP contribution in [0.25, 0.3) is 0 Å². The lowest BCUT2D eigenvalue weighted by Crippen LogP contribution is -2.42. The first-order valence-electron chi connectivity index (χ1n) is 10.5. The second kappa shape index (κ2) is 8.26. The van der Waals surface area contributed by atoms with E-state index in [2.05, 4.69) is 10.6 Å². The maximum Gasteiger partial charge on any atom is 0.333 e. The summed E-state index contributed by atoms with van der Waals surface area (Å²) >= 11 is 1.06. The highest BCUT2D eigenvalue weighted by atomic mass is 32.2. The summed E-state index contributed by atoms with van der Waals surface area (Å²) in [5.74, 6) is -0.733. The Hall–Kier alpha value is -3.70. The molecule has 11 heteroatoms. The summed E-state index contributed by atoms with van der Waals surface area (Å²) in [6.07, 6.45) is 0.937. The number of hydrogen-bond acceptors (Lipinski definition) is 7. The molecule has 0 atom stereocenters. The molecular formula is C23H20N4O5S2. The monoisotopic (exact) mass is 496 g/mol. The van der Waals surface area contributed by atoms with Crippen LogP contribution in [0.3, 0.4) is 0 Å². The fraction of sp³-hybridized carbons (Fsp3) is 0.174. The van der Waals surface area contributed by atoms with Gasteiger partial charge in [0.1, 0.15) is 4.21 Å². The zero-order chi connectivity index (χ0) is 24.0. The number of carbonyl (C=O) groups excluding carboxylic acids is 3. The van der Waals surface area contributed by atoms with Gasteiger partial charge in [0, 0.05) is 28.4 Å². The molecule has 3 N–H and O–H groups in total. The third-order valence-corrected chi connectivity index (χ3v) is 8.48. The minimum absolute atomic E-state index is 0.0410. The predicted molar refractivity (Wildman–Crippen MR) is 129 cm³/mol. The van der Waals surface area contributed by atoms with Gasteiger partial charge in [-0.05, 0) is 73.0 Å². The number of nitrogens with zero attached hydrogens (tertiary/aromatic N) is 1. The smallest absolute Gasteiger partial charge is 0.333 e. The van der Waals surface area contributed by atoms with Gasteiger partial charge in [0.2, 0.25) is 5.91 Å². The van der Waals surface area contributed by atoms with Crippen molar-refractivity contribution >= 4 is 56.3 Å². The van der Waals surface area contributed by atoms with Crippen molar-refractivity contribution < 1.29 is 22.8 Å². The fourth-order valence-electron chi connectivity index (χ4n) is 4.05. The third kappa shape index (κ3) is 4.03. The van der Waals surface area contributed by atoms with Crippen molar-refractivity contribution in [2.75, 3.05) is 22.1 Å². The average molecular weight is 497 g/mol. The molecule has 3 aromatic rings. The Morgan fingerprint density at radius 2 is 1.82 bits per heavy atom. The molecule has 0 saturated carbocycles. The Bertz CT molecular complexity index is 1440. The van der Waals surface area contributed by atoms with Crippen LogP contribution in [0.5, 0.6) is 0 Å². The lowest BCUT2D eigenvalue weighted by atomic mass is 9.94. The van der Waals surface area contributed by atoms with Crippen LogP contribution in [0.4, 0.5) is 21.9 Å². The molecule has 0 saturated heterocycles. The van der Waals surface area contributed by atoms with Gasteiger partial charge in [-0.25, -0.2) is 22.8 Å². The number of sulfonamides is 1. The number of anilines is 3. The van der Waals surface area contributed by atoms with Gasteiger partial charge in [0.15, 0.2) is 0 Å². The van der Waals surface area contributed by atoms with E-state index in [-0.39, 0.29) is 16.5 Å². The molecule has 0 radical (unpaired) electrons. The Morgan fingerprint density at radius 3 is 2.53 bits per heavy atom. The molecule has 4 amide bonds. The van der Waals surface area contributed by atoms with Gasteiger partial charge in [-0.2, -0.15) is 0 Å². The van der Waals surface area contributed by atoms with E-state index in [0.717, 1.165) is 45.3 Å². The van der Waals surface area contributed by atoms with Gasteiger partial charge in [0.25, 0.3) is 15.9 Å². The molecule has 0 aliphatic carbocycles. The molecular weight excluding hydrogens is 476 g/mol. The second-order valence-corrected chi connectivity index (χ2v) is 11.2. The van der Waals surface area contributed by atoms with Crippen LogP contribution in [0.15, 0.2) is 52.7 Å². The van der Waals surface area contributed by atoms with E-state index in [4.69, 9.17) is 0 Å². The van der Waals surface area contributed by atoms with Gasteiger partial charge in [-0.3, -0.25) is 9.59 Å². The van der Waals surface area contributed by atoms with E-state index >= 15 is 0 Å². The van der Waals surface area contributed by atoms with E-state index in [9.17, 15) is 22.8 Å². The molecule has 3 heterocycles. The van der Waals surface area contributed by atoms with Gasteiger partial charge in [0.05, 0.1) is 12.1 Å². The van der Waals surface area contributed by atoms with Crippen LogP contribution >= 0.6 is 11.3 Å². The van der Waals surface area contributed by atoms with Crippen LogP contribution in [0, 0.1) is 6.92 Å². The number of aryl methyl sites for hydroxylation is 1. The lowest BCUT2D eigenvalue weighted by molar-refractivity contribution is -0.117. The van der Waals surface area contributed by atoms with Gasteiger partial charge in [-0.15, -0.1) is 11.3 Å². The van der Waals surface area contributed by atoms with Gasteiger partial charge >= 0.3 is 6.03 Å². The molecule has 1 aromatic heterocycles. The number of thiophene rings is 1. The Balaban J connectivity index is 1.31. The number of rotatable bonds is 4. The summed E-state index contributed by atoms with van der Waals surface area (Å²) in [5.41, 5.74) is 3.92. The number of hydrogen-bond donors (Lipinski definition) is 3. The zero-order valence-corrected chi connectivity index (χ0v) is 19.7. The highest BCUT2D eigenvalue weighted by Crippen LogP contribution is 2.32. The second-order valence-electron chi connectivity index (χ2n) is 8.03. The maximum atomic E-state index is 13.1. The number of carbonyl (C=O) groups is 3. The molecule has 34 heavy (non-hydrogen) atoms. The largest absolute Gasteiger partial charge is 0.384 e. The SMILES string of the molecule is Cc1ccc(S(=O)(=O)NC(=O)Nc2ccc(N3C(=O)Cc4cc5c(cc4C3=O)CCN5)cc2)s1. The van der Waals surface area contributed by atoms with Crippen molar-refractivity contribution in [3.05, 3.63) is 70.1 Å². The summed E-state index contributed by atoms with van der Waals surface area (Å²) in [7, 11) is -3.98. The molecule has 2 aliphatic rings. The molecule has 2 aromatic carbocycles. The minimum atomic E-state index is -3.98.